The molecule has 4 aromatic rings. The largest absolute Gasteiger partial charge is 0.453 e. The van der Waals surface area contributed by atoms with Crippen molar-refractivity contribution in [3.8, 4) is 0 Å². The van der Waals surface area contributed by atoms with Crippen molar-refractivity contribution in [2.24, 2.45) is 5.92 Å². The Labute approximate surface area is 299 Å². The molecule has 1 heterocycles. The SMILES string of the molecule is COC(=O)N[C@H](C(=O)C[C@H](c1ccc([C@@H](CO)N(CCC2CC2)S(=O)(=O)c2ccc(N)cc2)s1)C(F)(F)F)C(c1ccccc1)c1ccccc1. The number of carbonyl (C=O) groups excluding carboxylic acids is 2. The molecule has 1 aliphatic rings. The molecule has 1 aliphatic carbocycles. The molecule has 5 rings (SSSR count). The number of amides is 1. The van der Waals surface area contributed by atoms with Gasteiger partial charge < -0.3 is 20.9 Å². The molecule has 3 aromatic carbocycles. The number of rotatable bonds is 16. The second-order valence-corrected chi connectivity index (χ2v) is 15.6. The van der Waals surface area contributed by atoms with Crippen molar-refractivity contribution in [3.05, 3.63) is 118 Å². The van der Waals surface area contributed by atoms with Gasteiger partial charge in [0.15, 0.2) is 5.78 Å². The lowest BCUT2D eigenvalue weighted by molar-refractivity contribution is -0.156. The number of carbonyl (C=O) groups is 2. The number of alkyl halides is 3. The van der Waals surface area contributed by atoms with Gasteiger partial charge in [-0.2, -0.15) is 17.5 Å². The van der Waals surface area contributed by atoms with Crippen LogP contribution in [0.15, 0.2) is 102 Å². The molecule has 0 spiro atoms. The van der Waals surface area contributed by atoms with Crippen molar-refractivity contribution in [2.45, 2.75) is 60.7 Å². The number of methoxy groups -OCH3 is 1. The highest BCUT2D eigenvalue weighted by molar-refractivity contribution is 7.89. The van der Waals surface area contributed by atoms with Crippen LogP contribution in [0.1, 0.15) is 64.4 Å². The summed E-state index contributed by atoms with van der Waals surface area (Å²) in [6.07, 6.45) is -4.46. The molecule has 0 aliphatic heterocycles. The topological polar surface area (TPSA) is 139 Å². The van der Waals surface area contributed by atoms with Crippen molar-refractivity contribution < 1.29 is 41.0 Å². The molecule has 3 atom stereocenters. The Kier molecular flexibility index (Phi) is 12.2. The first-order valence-electron chi connectivity index (χ1n) is 16.4. The van der Waals surface area contributed by atoms with Crippen LogP contribution in [0, 0.1) is 5.92 Å². The summed E-state index contributed by atoms with van der Waals surface area (Å²) in [5, 5.41) is 13.0. The van der Waals surface area contributed by atoms with E-state index in [0.29, 0.717) is 40.5 Å². The zero-order chi connectivity index (χ0) is 36.8. The molecule has 9 nitrogen and oxygen atoms in total. The zero-order valence-corrected chi connectivity index (χ0v) is 29.5. The molecule has 0 unspecified atom stereocenters. The normalized spacial score (nSPS) is 15.4. The highest BCUT2D eigenvalue weighted by atomic mass is 32.2. The summed E-state index contributed by atoms with van der Waals surface area (Å²) in [5.41, 5.74) is 7.32. The van der Waals surface area contributed by atoms with Crippen LogP contribution in [-0.4, -0.2) is 62.2 Å². The van der Waals surface area contributed by atoms with Gasteiger partial charge in [-0.25, -0.2) is 13.2 Å². The molecule has 1 amide bonds. The molecule has 272 valence electrons. The number of hydrogen-bond acceptors (Lipinski definition) is 8. The number of alkyl carbamates (subject to hydrolysis) is 1. The second kappa shape index (κ2) is 16.4. The minimum Gasteiger partial charge on any atom is -0.453 e. The number of aliphatic hydroxyl groups excluding tert-OH is 1. The van der Waals surface area contributed by atoms with Crippen LogP contribution in [0.25, 0.3) is 0 Å². The van der Waals surface area contributed by atoms with Gasteiger partial charge in [0, 0.05) is 34.3 Å². The highest BCUT2D eigenvalue weighted by Crippen LogP contribution is 2.44. The third-order valence-electron chi connectivity index (χ3n) is 9.04. The molecular weight excluding hydrogens is 704 g/mol. The van der Waals surface area contributed by atoms with Crippen molar-refractivity contribution >= 4 is 38.9 Å². The number of nitrogens with two attached hydrogens (primary N) is 1. The van der Waals surface area contributed by atoms with E-state index in [4.69, 9.17) is 10.5 Å². The van der Waals surface area contributed by atoms with Crippen LogP contribution in [0.5, 0.6) is 0 Å². The lowest BCUT2D eigenvalue weighted by atomic mass is 9.81. The number of halogens is 3. The summed E-state index contributed by atoms with van der Waals surface area (Å²) in [6, 6.07) is 22.9. The molecule has 0 saturated heterocycles. The van der Waals surface area contributed by atoms with E-state index in [2.05, 4.69) is 5.32 Å². The fourth-order valence-corrected chi connectivity index (χ4v) is 9.05. The Bertz CT molecular complexity index is 1830. The van der Waals surface area contributed by atoms with Gasteiger partial charge in [0.1, 0.15) is 6.04 Å². The predicted molar refractivity (Wildman–Crippen MR) is 189 cm³/mol. The van der Waals surface area contributed by atoms with E-state index in [1.807, 2.05) is 0 Å². The summed E-state index contributed by atoms with van der Waals surface area (Å²) >= 11 is 0.695. The van der Waals surface area contributed by atoms with Crippen molar-refractivity contribution in [3.63, 3.8) is 0 Å². The van der Waals surface area contributed by atoms with E-state index >= 15 is 0 Å². The lowest BCUT2D eigenvalue weighted by Gasteiger charge is -2.30. The van der Waals surface area contributed by atoms with Gasteiger partial charge >= 0.3 is 12.3 Å². The molecule has 0 radical (unpaired) electrons. The predicted octanol–water partition coefficient (Wildman–Crippen LogP) is 7.02. The maximum atomic E-state index is 14.9. The van der Waals surface area contributed by atoms with Gasteiger partial charge in [0.2, 0.25) is 10.0 Å². The van der Waals surface area contributed by atoms with E-state index in [0.717, 1.165) is 24.3 Å². The first kappa shape index (κ1) is 38.0. The van der Waals surface area contributed by atoms with Crippen LogP contribution in [0.3, 0.4) is 0 Å². The van der Waals surface area contributed by atoms with Gasteiger partial charge in [0.05, 0.1) is 30.6 Å². The van der Waals surface area contributed by atoms with Gasteiger partial charge in [-0.1, -0.05) is 73.5 Å². The minimum atomic E-state index is -4.89. The molecular formula is C37H40F3N3O6S2. The number of nitrogen functional groups attached to an aromatic ring is 1. The fraction of sp³-hybridized carbons (Fsp3) is 0.351. The molecule has 1 fully saturated rings. The average Bonchev–Trinajstić information content (AvgIpc) is 3.83. The number of ketones is 1. The third-order valence-corrected chi connectivity index (χ3v) is 12.3. The molecule has 14 heteroatoms. The summed E-state index contributed by atoms with van der Waals surface area (Å²) in [7, 11) is -3.10. The first-order valence-corrected chi connectivity index (χ1v) is 18.7. The van der Waals surface area contributed by atoms with Gasteiger partial charge in [-0.3, -0.25) is 4.79 Å². The number of hydrogen-bond donors (Lipinski definition) is 3. The average molecular weight is 744 g/mol. The zero-order valence-electron chi connectivity index (χ0n) is 27.8. The molecule has 1 saturated carbocycles. The van der Waals surface area contributed by atoms with Crippen LogP contribution in [0.4, 0.5) is 23.7 Å². The Hall–Kier alpha value is -4.24. The number of benzene rings is 3. The molecule has 0 bridgehead atoms. The van der Waals surface area contributed by atoms with Crippen LogP contribution in [-0.2, 0) is 19.6 Å². The summed E-state index contributed by atoms with van der Waals surface area (Å²) in [6.45, 7) is -0.631. The van der Waals surface area contributed by atoms with E-state index in [1.54, 1.807) is 60.7 Å². The highest BCUT2D eigenvalue weighted by Gasteiger charge is 2.46. The quantitative estimate of drug-likeness (QED) is 0.105. The monoisotopic (exact) mass is 743 g/mol. The number of ether oxygens (including phenoxy) is 1. The van der Waals surface area contributed by atoms with E-state index < -0.39 is 65.0 Å². The van der Waals surface area contributed by atoms with Gasteiger partial charge in [-0.15, -0.1) is 11.3 Å². The maximum absolute atomic E-state index is 14.9. The summed E-state index contributed by atoms with van der Waals surface area (Å²) in [5.74, 6) is -3.68. The standard InChI is InChI=1S/C37H40F3N3O6S2/c1-49-36(46)42-35(34(25-8-4-2-5-9-25)26-10-6-3-7-11-26)31(45)22-29(37(38,39)40)32-18-19-33(50-32)30(23-44)43(21-20-24-12-13-24)51(47,48)28-16-14-27(41)15-17-28/h2-11,14-19,24,29-30,34-35,44H,12-13,20-23,41H2,1H3,(H,42,46)/t29-,30-,35-/m1/s1. The van der Waals surface area contributed by atoms with Crippen molar-refractivity contribution in [1.82, 2.24) is 9.62 Å². The van der Waals surface area contributed by atoms with Crippen LogP contribution >= 0.6 is 11.3 Å². The molecule has 4 N–H and O–H groups in total. The van der Waals surface area contributed by atoms with Crippen molar-refractivity contribution in [2.75, 3.05) is 26.0 Å². The smallest absolute Gasteiger partial charge is 0.407 e. The van der Waals surface area contributed by atoms with Gasteiger partial charge in [-0.05, 0) is 59.9 Å². The minimum absolute atomic E-state index is 0.0538. The fourth-order valence-electron chi connectivity index (χ4n) is 6.13. The molecule has 1 aromatic heterocycles. The van der Waals surface area contributed by atoms with E-state index in [1.165, 1.54) is 36.4 Å². The number of nitrogens with zero attached hydrogens (tertiary/aromatic N) is 1. The Morgan fingerprint density at radius 1 is 0.941 bits per heavy atom. The van der Waals surface area contributed by atoms with Crippen LogP contribution in [0.2, 0.25) is 0 Å². The second-order valence-electron chi connectivity index (χ2n) is 12.5. The number of anilines is 1. The maximum Gasteiger partial charge on any atom is 0.407 e. The summed E-state index contributed by atoms with van der Waals surface area (Å²) < 4.78 is 78.4. The van der Waals surface area contributed by atoms with Gasteiger partial charge in [0.25, 0.3) is 0 Å². The third kappa shape index (κ3) is 9.36. The van der Waals surface area contributed by atoms with E-state index in [9.17, 15) is 36.3 Å². The Balaban J connectivity index is 1.49. The number of sulfonamides is 1. The van der Waals surface area contributed by atoms with Crippen molar-refractivity contribution in [1.29, 1.82) is 0 Å². The molecule has 51 heavy (non-hydrogen) atoms. The van der Waals surface area contributed by atoms with Crippen LogP contribution < -0.4 is 11.1 Å². The Morgan fingerprint density at radius 3 is 2.02 bits per heavy atom. The Morgan fingerprint density at radius 2 is 1.51 bits per heavy atom. The van der Waals surface area contributed by atoms with E-state index in [-0.39, 0.29) is 21.2 Å². The lowest BCUT2D eigenvalue weighted by Crippen LogP contribution is -2.46. The number of aliphatic hydroxyl groups is 1. The number of Topliss-reactive ketones (excluding diaryl/α,β-unsaturated/α-hetero) is 1. The first-order chi connectivity index (χ1) is 24.3. The number of thiophene rings is 1. The summed E-state index contributed by atoms with van der Waals surface area (Å²) in [4.78, 5) is 26.5. The number of nitrogens with one attached hydrogen (secondary N) is 1.